The molecule has 1 saturated heterocycles. The highest BCUT2D eigenvalue weighted by atomic mass is 16.5. The molecule has 4 heterocycles. The molecule has 1 fully saturated rings. The van der Waals surface area contributed by atoms with Crippen molar-refractivity contribution in [2.24, 2.45) is 0 Å². The Morgan fingerprint density at radius 1 is 1.21 bits per heavy atom. The van der Waals surface area contributed by atoms with E-state index in [1.165, 1.54) is 6.33 Å². The van der Waals surface area contributed by atoms with Crippen molar-refractivity contribution < 1.29 is 9.53 Å². The molecule has 0 spiro atoms. The zero-order valence-electron chi connectivity index (χ0n) is 16.3. The van der Waals surface area contributed by atoms with Crippen molar-refractivity contribution >= 4 is 17.1 Å². The molecule has 0 saturated carbocycles. The summed E-state index contributed by atoms with van der Waals surface area (Å²) in [6.45, 7) is 7.73. The first-order valence-corrected chi connectivity index (χ1v) is 9.55. The molecule has 3 aromatic rings. The quantitative estimate of drug-likeness (QED) is 0.666. The van der Waals surface area contributed by atoms with Crippen molar-refractivity contribution in [1.29, 1.82) is 0 Å². The summed E-state index contributed by atoms with van der Waals surface area (Å²) in [6.07, 6.45) is 6.21. The van der Waals surface area contributed by atoms with Gasteiger partial charge in [-0.15, -0.1) is 0 Å². The Hall–Kier alpha value is -3.10. The molecule has 146 valence electrons. The molecule has 0 bridgehead atoms. The van der Waals surface area contributed by atoms with E-state index >= 15 is 0 Å². The number of hydrogen-bond donors (Lipinski definition) is 0. The van der Waals surface area contributed by atoms with E-state index in [2.05, 4.69) is 19.9 Å². The lowest BCUT2D eigenvalue weighted by Crippen LogP contribution is -2.30. The minimum atomic E-state index is -0.0912. The standard InChI is InChI=1S/C19H23N7O2/c1-4-15(27)25-7-6-14(10-25)28-19-16-18(22-11-23-19)26(5-2)17(24-16)13-8-20-12(3)21-9-13/h8-9,11,14H,4-7,10H2,1-3H3/t14-/m0/s1. The van der Waals surface area contributed by atoms with Crippen LogP contribution in [0.3, 0.4) is 0 Å². The summed E-state index contributed by atoms with van der Waals surface area (Å²) in [5, 5.41) is 0. The van der Waals surface area contributed by atoms with Crippen LogP contribution in [0.5, 0.6) is 5.88 Å². The lowest BCUT2D eigenvalue weighted by atomic mass is 10.3. The van der Waals surface area contributed by atoms with Crippen molar-refractivity contribution in [3.05, 3.63) is 24.5 Å². The first-order valence-electron chi connectivity index (χ1n) is 9.55. The number of nitrogens with zero attached hydrogens (tertiary/aromatic N) is 7. The Balaban J connectivity index is 1.67. The van der Waals surface area contributed by atoms with Crippen molar-refractivity contribution in [2.75, 3.05) is 13.1 Å². The van der Waals surface area contributed by atoms with Gasteiger partial charge < -0.3 is 14.2 Å². The molecule has 28 heavy (non-hydrogen) atoms. The third-order valence-electron chi connectivity index (χ3n) is 4.93. The molecule has 1 atom stereocenters. The van der Waals surface area contributed by atoms with Crippen LogP contribution in [0.1, 0.15) is 32.5 Å². The molecular formula is C19H23N7O2. The highest BCUT2D eigenvalue weighted by molar-refractivity contribution is 5.81. The third-order valence-corrected chi connectivity index (χ3v) is 4.93. The molecule has 1 amide bonds. The number of ether oxygens (including phenoxy) is 1. The van der Waals surface area contributed by atoms with Crippen LogP contribution in [0.15, 0.2) is 18.7 Å². The number of imidazole rings is 1. The van der Waals surface area contributed by atoms with Gasteiger partial charge in [0.2, 0.25) is 11.8 Å². The normalized spacial score (nSPS) is 16.7. The molecule has 3 aromatic heterocycles. The molecule has 9 heteroatoms. The van der Waals surface area contributed by atoms with Crippen molar-refractivity contribution in [3.63, 3.8) is 0 Å². The van der Waals surface area contributed by atoms with Gasteiger partial charge in [-0.05, 0) is 13.8 Å². The van der Waals surface area contributed by atoms with E-state index in [1.54, 1.807) is 12.4 Å². The number of aromatic nitrogens is 6. The topological polar surface area (TPSA) is 98.9 Å². The van der Waals surface area contributed by atoms with Gasteiger partial charge in [0, 0.05) is 38.3 Å². The second-order valence-corrected chi connectivity index (χ2v) is 6.77. The first kappa shape index (κ1) is 18.3. The summed E-state index contributed by atoms with van der Waals surface area (Å²) in [6, 6.07) is 0. The van der Waals surface area contributed by atoms with Gasteiger partial charge >= 0.3 is 0 Å². The highest BCUT2D eigenvalue weighted by Crippen LogP contribution is 2.28. The van der Waals surface area contributed by atoms with Crippen LogP contribution >= 0.6 is 0 Å². The molecule has 4 rings (SSSR count). The first-order chi connectivity index (χ1) is 13.6. The SMILES string of the molecule is CCC(=O)N1CC[C@H](Oc2ncnc3c2nc(-c2cnc(C)nc2)n3CC)C1. The summed E-state index contributed by atoms with van der Waals surface area (Å²) in [5.41, 5.74) is 2.14. The average molecular weight is 381 g/mol. The van der Waals surface area contributed by atoms with Crippen LogP contribution in [-0.2, 0) is 11.3 Å². The second-order valence-electron chi connectivity index (χ2n) is 6.77. The van der Waals surface area contributed by atoms with Gasteiger partial charge in [-0.3, -0.25) is 4.79 Å². The van der Waals surface area contributed by atoms with Crippen LogP contribution < -0.4 is 4.74 Å². The molecule has 0 radical (unpaired) electrons. The maximum atomic E-state index is 11.9. The lowest BCUT2D eigenvalue weighted by Gasteiger charge is -2.16. The van der Waals surface area contributed by atoms with Crippen LogP contribution in [0.25, 0.3) is 22.6 Å². The Morgan fingerprint density at radius 2 is 2.00 bits per heavy atom. The van der Waals surface area contributed by atoms with Crippen molar-refractivity contribution in [2.45, 2.75) is 46.3 Å². The number of carbonyl (C=O) groups excluding carboxylic acids is 1. The van der Waals surface area contributed by atoms with Gasteiger partial charge in [-0.1, -0.05) is 6.92 Å². The van der Waals surface area contributed by atoms with E-state index < -0.39 is 0 Å². The van der Waals surface area contributed by atoms with E-state index in [-0.39, 0.29) is 12.0 Å². The minimum Gasteiger partial charge on any atom is -0.471 e. The van der Waals surface area contributed by atoms with Gasteiger partial charge in [0.1, 0.15) is 24.1 Å². The fourth-order valence-corrected chi connectivity index (χ4v) is 3.46. The fraction of sp³-hybridized carbons (Fsp3) is 0.474. The third kappa shape index (κ3) is 3.28. The van der Waals surface area contributed by atoms with Crippen molar-refractivity contribution in [3.8, 4) is 17.3 Å². The fourth-order valence-electron chi connectivity index (χ4n) is 3.46. The van der Waals surface area contributed by atoms with E-state index in [0.717, 1.165) is 17.8 Å². The summed E-state index contributed by atoms with van der Waals surface area (Å²) < 4.78 is 8.13. The zero-order chi connectivity index (χ0) is 19.7. The Bertz CT molecular complexity index is 999. The number of hydrogen-bond acceptors (Lipinski definition) is 7. The molecule has 9 nitrogen and oxygen atoms in total. The molecule has 0 aromatic carbocycles. The van der Waals surface area contributed by atoms with Crippen LogP contribution in [0.4, 0.5) is 0 Å². The monoisotopic (exact) mass is 381 g/mol. The van der Waals surface area contributed by atoms with Crippen LogP contribution in [0.2, 0.25) is 0 Å². The van der Waals surface area contributed by atoms with E-state index in [1.807, 2.05) is 30.2 Å². The molecule has 1 aliphatic rings. The summed E-state index contributed by atoms with van der Waals surface area (Å²) in [4.78, 5) is 35.8. The Labute approximate surface area is 162 Å². The number of amides is 1. The lowest BCUT2D eigenvalue weighted by molar-refractivity contribution is -0.130. The van der Waals surface area contributed by atoms with E-state index in [4.69, 9.17) is 9.72 Å². The minimum absolute atomic E-state index is 0.0912. The van der Waals surface area contributed by atoms with Gasteiger partial charge in [0.15, 0.2) is 11.2 Å². The molecular weight excluding hydrogens is 358 g/mol. The summed E-state index contributed by atoms with van der Waals surface area (Å²) in [5.74, 6) is 2.04. The van der Waals surface area contributed by atoms with E-state index in [9.17, 15) is 4.79 Å². The van der Waals surface area contributed by atoms with Gasteiger partial charge in [-0.25, -0.2) is 19.9 Å². The predicted octanol–water partition coefficient (Wildman–Crippen LogP) is 2.00. The van der Waals surface area contributed by atoms with Gasteiger partial charge in [-0.2, -0.15) is 4.98 Å². The molecule has 0 unspecified atom stereocenters. The second kappa shape index (κ2) is 7.49. The van der Waals surface area contributed by atoms with E-state index in [0.29, 0.717) is 48.9 Å². The highest BCUT2D eigenvalue weighted by Gasteiger charge is 2.28. The van der Waals surface area contributed by atoms with Crippen LogP contribution in [0, 0.1) is 6.92 Å². The number of fused-ring (bicyclic) bond motifs is 1. The number of likely N-dealkylation sites (tertiary alicyclic amines) is 1. The zero-order valence-corrected chi connectivity index (χ0v) is 16.3. The maximum absolute atomic E-state index is 11.9. The Morgan fingerprint density at radius 3 is 2.71 bits per heavy atom. The van der Waals surface area contributed by atoms with Gasteiger partial charge in [0.25, 0.3) is 0 Å². The molecule has 0 N–H and O–H groups in total. The Kier molecular flexibility index (Phi) is 4.89. The van der Waals surface area contributed by atoms with Crippen molar-refractivity contribution in [1.82, 2.24) is 34.4 Å². The molecule has 1 aliphatic heterocycles. The number of rotatable bonds is 5. The molecule has 0 aliphatic carbocycles. The maximum Gasteiger partial charge on any atom is 0.245 e. The average Bonchev–Trinajstić information content (AvgIpc) is 3.33. The smallest absolute Gasteiger partial charge is 0.245 e. The summed E-state index contributed by atoms with van der Waals surface area (Å²) in [7, 11) is 0. The van der Waals surface area contributed by atoms with Gasteiger partial charge in [0.05, 0.1) is 12.1 Å². The van der Waals surface area contributed by atoms with Crippen LogP contribution in [-0.4, -0.2) is 59.5 Å². The largest absolute Gasteiger partial charge is 0.471 e. The number of carbonyl (C=O) groups is 1. The number of aryl methyl sites for hydroxylation is 2. The summed E-state index contributed by atoms with van der Waals surface area (Å²) >= 11 is 0. The predicted molar refractivity (Wildman–Crippen MR) is 103 cm³/mol.